The Kier molecular flexibility index (Phi) is 5.57. The van der Waals surface area contributed by atoms with E-state index in [9.17, 15) is 14.4 Å². The van der Waals surface area contributed by atoms with Crippen molar-refractivity contribution in [2.45, 2.75) is 24.8 Å². The van der Waals surface area contributed by atoms with Crippen LogP contribution in [0, 0.1) is 0 Å². The zero-order valence-corrected chi connectivity index (χ0v) is 16.6. The molecule has 1 fully saturated rings. The van der Waals surface area contributed by atoms with Crippen molar-refractivity contribution >= 4 is 24.0 Å². The van der Waals surface area contributed by atoms with Crippen molar-refractivity contribution < 1.29 is 29.0 Å². The first kappa shape index (κ1) is 20.4. The van der Waals surface area contributed by atoms with Crippen LogP contribution >= 0.6 is 0 Å². The number of ether oxygens (including phenoxy) is 2. The lowest BCUT2D eigenvalue weighted by molar-refractivity contribution is -0.139. The van der Waals surface area contributed by atoms with Gasteiger partial charge in [0.15, 0.2) is 6.73 Å². The van der Waals surface area contributed by atoms with E-state index < -0.39 is 24.2 Å². The molecule has 0 radical (unpaired) electrons. The van der Waals surface area contributed by atoms with Crippen molar-refractivity contribution in [3.05, 3.63) is 59.7 Å². The summed E-state index contributed by atoms with van der Waals surface area (Å²) in [5.41, 5.74) is 9.93. The van der Waals surface area contributed by atoms with Crippen LogP contribution in [0.3, 0.4) is 0 Å². The van der Waals surface area contributed by atoms with Gasteiger partial charge in [0.1, 0.15) is 18.5 Å². The van der Waals surface area contributed by atoms with Gasteiger partial charge in [-0.25, -0.2) is 14.4 Å². The van der Waals surface area contributed by atoms with Gasteiger partial charge in [0, 0.05) is 12.3 Å². The number of carbonyl (C=O) groups excluding carboxylic acids is 2. The van der Waals surface area contributed by atoms with Gasteiger partial charge in [-0.05, 0) is 28.7 Å². The van der Waals surface area contributed by atoms with Gasteiger partial charge in [-0.2, -0.15) is 4.99 Å². The molecule has 0 unspecified atom stereocenters. The molecule has 1 heterocycles. The molecule has 2 amide bonds. The van der Waals surface area contributed by atoms with Crippen molar-refractivity contribution in [2.75, 3.05) is 13.3 Å². The Balaban J connectivity index is 1.44. The van der Waals surface area contributed by atoms with E-state index in [1.54, 1.807) is 0 Å². The molecule has 2 aromatic rings. The summed E-state index contributed by atoms with van der Waals surface area (Å²) >= 11 is 0. The Bertz CT molecular complexity index is 1020. The average molecular weight is 423 g/mol. The molecule has 0 spiro atoms. The lowest BCUT2D eigenvalue weighted by Gasteiger charge is -2.21. The Morgan fingerprint density at radius 2 is 1.74 bits per heavy atom. The second-order valence-electron chi connectivity index (χ2n) is 7.31. The third kappa shape index (κ3) is 4.07. The van der Waals surface area contributed by atoms with Crippen LogP contribution in [-0.2, 0) is 14.3 Å². The number of amides is 2. The molecule has 3 N–H and O–H groups in total. The standard InChI is InChI=1S/C22H21N3O6/c23-19(24-21(27)28)10-9-18-20(26)31-12-25(18)22(29)30-11-17-15-7-3-1-5-13(15)14-6-2-4-8-16(14)17/h1-8,17-18H,9-12H2,(H2,23,24)(H,27,28)/t18-/m0/s1. The molecule has 9 nitrogen and oxygen atoms in total. The Morgan fingerprint density at radius 1 is 1.13 bits per heavy atom. The summed E-state index contributed by atoms with van der Waals surface area (Å²) in [6.07, 6.45) is -1.98. The molecule has 0 bridgehead atoms. The van der Waals surface area contributed by atoms with Gasteiger partial charge >= 0.3 is 18.2 Å². The van der Waals surface area contributed by atoms with Gasteiger partial charge in [-0.3, -0.25) is 4.90 Å². The summed E-state index contributed by atoms with van der Waals surface area (Å²) in [4.78, 5) is 39.7. The first-order valence-electron chi connectivity index (χ1n) is 9.80. The second kappa shape index (κ2) is 8.47. The van der Waals surface area contributed by atoms with Gasteiger partial charge in [-0.1, -0.05) is 48.5 Å². The number of hydrogen-bond acceptors (Lipinski definition) is 5. The van der Waals surface area contributed by atoms with Crippen LogP contribution in [0.15, 0.2) is 53.5 Å². The third-order valence-electron chi connectivity index (χ3n) is 5.48. The fourth-order valence-electron chi connectivity index (χ4n) is 4.04. The number of nitrogens with two attached hydrogens (primary N) is 1. The maximum Gasteiger partial charge on any atom is 0.432 e. The zero-order chi connectivity index (χ0) is 22.0. The number of carbonyl (C=O) groups is 3. The van der Waals surface area contributed by atoms with Gasteiger partial charge in [-0.15, -0.1) is 0 Å². The van der Waals surface area contributed by atoms with Crippen LogP contribution in [0.5, 0.6) is 0 Å². The van der Waals surface area contributed by atoms with Crippen molar-refractivity contribution in [2.24, 2.45) is 10.7 Å². The molecule has 0 saturated carbocycles. The van der Waals surface area contributed by atoms with E-state index >= 15 is 0 Å². The lowest BCUT2D eigenvalue weighted by atomic mass is 9.98. The van der Waals surface area contributed by atoms with Crippen molar-refractivity contribution in [1.29, 1.82) is 0 Å². The van der Waals surface area contributed by atoms with Crippen molar-refractivity contribution in [1.82, 2.24) is 4.90 Å². The summed E-state index contributed by atoms with van der Waals surface area (Å²) in [6, 6.07) is 15.1. The minimum absolute atomic E-state index is 0.0270. The minimum atomic E-state index is -1.42. The SMILES string of the molecule is NC(CC[C@H]1C(=O)OCN1C(=O)OCC1c2ccccc2-c2ccccc21)=NC(=O)O. The number of benzene rings is 2. The topological polar surface area (TPSA) is 132 Å². The Morgan fingerprint density at radius 3 is 2.35 bits per heavy atom. The first-order chi connectivity index (χ1) is 15.0. The maximum atomic E-state index is 12.7. The van der Waals surface area contributed by atoms with Gasteiger partial charge in [0.05, 0.1) is 0 Å². The number of carboxylic acid groups (broad SMARTS) is 1. The van der Waals surface area contributed by atoms with Gasteiger partial charge in [0.25, 0.3) is 0 Å². The molecule has 2 aliphatic rings. The van der Waals surface area contributed by atoms with E-state index in [1.165, 1.54) is 4.90 Å². The predicted octanol–water partition coefficient (Wildman–Crippen LogP) is 2.94. The average Bonchev–Trinajstić information content (AvgIpc) is 3.28. The Labute approximate surface area is 178 Å². The number of nitrogens with zero attached hydrogens (tertiary/aromatic N) is 2. The highest BCUT2D eigenvalue weighted by Gasteiger charge is 2.39. The highest BCUT2D eigenvalue weighted by molar-refractivity contribution is 5.91. The van der Waals surface area contributed by atoms with Crippen molar-refractivity contribution in [3.8, 4) is 11.1 Å². The van der Waals surface area contributed by atoms with E-state index in [1.807, 2.05) is 48.5 Å². The number of hydrogen-bond donors (Lipinski definition) is 2. The first-order valence-corrected chi connectivity index (χ1v) is 9.80. The van der Waals surface area contributed by atoms with Gasteiger partial charge in [0.2, 0.25) is 0 Å². The maximum absolute atomic E-state index is 12.7. The fraction of sp³-hybridized carbons (Fsp3) is 0.273. The predicted molar refractivity (Wildman–Crippen MR) is 111 cm³/mol. The smallest absolute Gasteiger partial charge is 0.432 e. The van der Waals surface area contributed by atoms with E-state index in [0.717, 1.165) is 22.3 Å². The normalized spacial score (nSPS) is 17.8. The largest absolute Gasteiger partial charge is 0.463 e. The zero-order valence-electron chi connectivity index (χ0n) is 16.6. The van der Waals surface area contributed by atoms with Crippen molar-refractivity contribution in [3.63, 3.8) is 0 Å². The molecule has 1 aliphatic heterocycles. The van der Waals surface area contributed by atoms with Crippen LogP contribution in [0.1, 0.15) is 29.9 Å². The molecule has 1 aliphatic carbocycles. The van der Waals surface area contributed by atoms with Crippen LogP contribution < -0.4 is 5.73 Å². The summed E-state index contributed by atoms with van der Waals surface area (Å²) < 4.78 is 10.6. The Hall–Kier alpha value is -3.88. The number of fused-ring (bicyclic) bond motifs is 3. The van der Waals surface area contributed by atoms with Crippen LogP contribution in [-0.4, -0.2) is 53.4 Å². The third-order valence-corrected chi connectivity index (χ3v) is 5.48. The van der Waals surface area contributed by atoms with Gasteiger partial charge < -0.3 is 20.3 Å². The summed E-state index contributed by atoms with van der Waals surface area (Å²) in [6.45, 7) is -0.108. The highest BCUT2D eigenvalue weighted by atomic mass is 16.6. The molecule has 0 aromatic heterocycles. The van der Waals surface area contributed by atoms with E-state index in [4.69, 9.17) is 20.3 Å². The van der Waals surface area contributed by atoms with E-state index in [2.05, 4.69) is 4.99 Å². The second-order valence-corrected chi connectivity index (χ2v) is 7.31. The van der Waals surface area contributed by atoms with E-state index in [-0.39, 0.29) is 37.9 Å². The molecule has 1 atom stereocenters. The summed E-state index contributed by atoms with van der Waals surface area (Å²) in [5, 5.41) is 8.64. The van der Waals surface area contributed by atoms with E-state index in [0.29, 0.717) is 0 Å². The molecule has 1 saturated heterocycles. The quantitative estimate of drug-likeness (QED) is 0.429. The number of esters is 1. The lowest BCUT2D eigenvalue weighted by Crippen LogP contribution is -2.39. The highest BCUT2D eigenvalue weighted by Crippen LogP contribution is 2.44. The number of aliphatic imine (C=N–C) groups is 1. The molecular formula is C22H21N3O6. The molecule has 2 aromatic carbocycles. The minimum Gasteiger partial charge on any atom is -0.463 e. The molecule has 9 heteroatoms. The number of rotatable bonds is 5. The molecular weight excluding hydrogens is 402 g/mol. The molecule has 31 heavy (non-hydrogen) atoms. The van der Waals surface area contributed by atoms with Crippen LogP contribution in [0.2, 0.25) is 0 Å². The van der Waals surface area contributed by atoms with Crippen LogP contribution in [0.4, 0.5) is 9.59 Å². The molecule has 4 rings (SSSR count). The number of amidine groups is 1. The fourth-order valence-corrected chi connectivity index (χ4v) is 4.04. The monoisotopic (exact) mass is 423 g/mol. The summed E-state index contributed by atoms with van der Waals surface area (Å²) in [5.74, 6) is -0.830. The number of cyclic esters (lactones) is 1. The summed E-state index contributed by atoms with van der Waals surface area (Å²) in [7, 11) is 0. The van der Waals surface area contributed by atoms with Crippen LogP contribution in [0.25, 0.3) is 11.1 Å². The molecule has 160 valence electrons.